The van der Waals surface area contributed by atoms with Crippen molar-refractivity contribution in [3.05, 3.63) is 30.1 Å². The summed E-state index contributed by atoms with van der Waals surface area (Å²) in [6, 6.07) is 7.83. The smallest absolute Gasteiger partial charge is 0.253 e. The lowest BCUT2D eigenvalue weighted by Crippen LogP contribution is -2.26. The first-order valence-corrected chi connectivity index (χ1v) is 8.76. The molecular weight excluding hydrogens is 304 g/mol. The third-order valence-corrected chi connectivity index (χ3v) is 4.72. The van der Waals surface area contributed by atoms with E-state index in [1.165, 1.54) is 12.8 Å². The van der Waals surface area contributed by atoms with Gasteiger partial charge in [0.25, 0.3) is 5.91 Å². The number of hydrogen-bond donors (Lipinski definition) is 1. The van der Waals surface area contributed by atoms with E-state index in [0.29, 0.717) is 6.61 Å². The van der Waals surface area contributed by atoms with Crippen LogP contribution >= 0.6 is 0 Å². The summed E-state index contributed by atoms with van der Waals surface area (Å²) in [5.41, 5.74) is 1.76. The topological polar surface area (TPSA) is 69.0 Å². The molecule has 4 rings (SSSR count). The predicted molar refractivity (Wildman–Crippen MR) is 90.6 cm³/mol. The van der Waals surface area contributed by atoms with E-state index in [-0.39, 0.29) is 12.0 Å². The number of aromatic nitrogens is 3. The molecular formula is C18H22N4O2. The molecule has 1 saturated heterocycles. The Morgan fingerprint density at radius 1 is 1.21 bits per heavy atom. The van der Waals surface area contributed by atoms with E-state index in [9.17, 15) is 4.79 Å². The maximum absolute atomic E-state index is 12.2. The second-order valence-electron chi connectivity index (χ2n) is 6.47. The molecule has 0 radical (unpaired) electrons. The van der Waals surface area contributed by atoms with Crippen LogP contribution in [0.25, 0.3) is 11.4 Å². The van der Waals surface area contributed by atoms with E-state index in [1.54, 1.807) is 0 Å². The number of anilines is 1. The Kier molecular flexibility index (Phi) is 4.30. The van der Waals surface area contributed by atoms with Crippen molar-refractivity contribution < 1.29 is 9.53 Å². The molecule has 0 bridgehead atoms. The minimum Gasteiger partial charge on any atom is -0.368 e. The van der Waals surface area contributed by atoms with Crippen molar-refractivity contribution in [1.82, 2.24) is 14.8 Å². The van der Waals surface area contributed by atoms with Gasteiger partial charge in [0.2, 0.25) is 0 Å². The Morgan fingerprint density at radius 3 is 3.04 bits per heavy atom. The minimum atomic E-state index is -0.321. The van der Waals surface area contributed by atoms with Crippen LogP contribution in [-0.4, -0.2) is 33.4 Å². The van der Waals surface area contributed by atoms with E-state index in [4.69, 9.17) is 4.74 Å². The normalized spacial score (nSPS) is 20.4. The van der Waals surface area contributed by atoms with E-state index >= 15 is 0 Å². The summed E-state index contributed by atoms with van der Waals surface area (Å²) >= 11 is 0. The zero-order chi connectivity index (χ0) is 16.4. The summed E-state index contributed by atoms with van der Waals surface area (Å²) in [5, 5.41) is 11.7. The van der Waals surface area contributed by atoms with Crippen molar-refractivity contribution in [2.24, 2.45) is 0 Å². The van der Waals surface area contributed by atoms with Gasteiger partial charge in [-0.25, -0.2) is 0 Å². The van der Waals surface area contributed by atoms with Gasteiger partial charge in [-0.3, -0.25) is 4.79 Å². The van der Waals surface area contributed by atoms with Crippen molar-refractivity contribution >= 4 is 11.6 Å². The molecule has 1 amide bonds. The fourth-order valence-corrected chi connectivity index (χ4v) is 3.44. The van der Waals surface area contributed by atoms with Crippen LogP contribution in [0.15, 0.2) is 24.3 Å². The van der Waals surface area contributed by atoms with Crippen molar-refractivity contribution in [3.63, 3.8) is 0 Å². The molecule has 3 heterocycles. The maximum atomic E-state index is 12.2. The molecule has 0 aliphatic carbocycles. The Labute approximate surface area is 141 Å². The average Bonchev–Trinajstić information content (AvgIpc) is 3.21. The van der Waals surface area contributed by atoms with Crippen molar-refractivity contribution in [3.8, 4) is 11.4 Å². The van der Waals surface area contributed by atoms with E-state index in [0.717, 1.165) is 55.1 Å². The van der Waals surface area contributed by atoms with Gasteiger partial charge in [0, 0.05) is 30.8 Å². The van der Waals surface area contributed by atoms with Crippen LogP contribution in [0.5, 0.6) is 0 Å². The summed E-state index contributed by atoms with van der Waals surface area (Å²) < 4.78 is 7.66. The molecule has 1 N–H and O–H groups in total. The predicted octanol–water partition coefficient (Wildman–Crippen LogP) is 2.79. The monoisotopic (exact) mass is 326 g/mol. The summed E-state index contributed by atoms with van der Waals surface area (Å²) in [6.07, 6.45) is 5.98. The summed E-state index contributed by atoms with van der Waals surface area (Å²) in [5.74, 6) is 1.89. The number of nitrogens with zero attached hydrogens (tertiary/aromatic N) is 3. The molecule has 2 aliphatic heterocycles. The SMILES string of the molecule is O=C(Nc1cccc(-c2nnc3n2CCCCC3)c1)C1CCCO1. The number of benzene rings is 1. The van der Waals surface area contributed by atoms with Crippen LogP contribution in [0.3, 0.4) is 0 Å². The van der Waals surface area contributed by atoms with E-state index < -0.39 is 0 Å². The molecule has 24 heavy (non-hydrogen) atoms. The number of ether oxygens (including phenoxy) is 1. The van der Waals surface area contributed by atoms with Crippen LogP contribution in [-0.2, 0) is 22.5 Å². The van der Waals surface area contributed by atoms with Gasteiger partial charge in [0.05, 0.1) is 0 Å². The Hall–Kier alpha value is -2.21. The van der Waals surface area contributed by atoms with Gasteiger partial charge < -0.3 is 14.6 Å². The fourth-order valence-electron chi connectivity index (χ4n) is 3.44. The third kappa shape index (κ3) is 3.06. The largest absolute Gasteiger partial charge is 0.368 e. The Bertz CT molecular complexity index is 734. The minimum absolute atomic E-state index is 0.0651. The van der Waals surface area contributed by atoms with Crippen LogP contribution in [0.4, 0.5) is 5.69 Å². The number of hydrogen-bond acceptors (Lipinski definition) is 4. The first-order chi connectivity index (χ1) is 11.8. The standard InChI is InChI=1S/C18H22N4O2/c23-18(15-8-5-11-24-15)19-14-7-4-6-13(12-14)17-21-20-16-9-2-1-3-10-22(16)17/h4,6-7,12,15H,1-3,5,8-11H2,(H,19,23). The van der Waals surface area contributed by atoms with Gasteiger partial charge in [0.1, 0.15) is 11.9 Å². The lowest BCUT2D eigenvalue weighted by Gasteiger charge is -2.12. The molecule has 6 heteroatoms. The van der Waals surface area contributed by atoms with Gasteiger partial charge in [-0.05, 0) is 37.8 Å². The number of fused-ring (bicyclic) bond motifs is 1. The number of rotatable bonds is 3. The average molecular weight is 326 g/mol. The van der Waals surface area contributed by atoms with E-state index in [1.807, 2.05) is 24.3 Å². The zero-order valence-corrected chi connectivity index (χ0v) is 13.7. The Balaban J connectivity index is 1.56. The number of nitrogens with one attached hydrogen (secondary N) is 1. The number of aryl methyl sites for hydroxylation is 1. The number of carbonyl (C=O) groups is 1. The molecule has 1 unspecified atom stereocenters. The molecule has 0 saturated carbocycles. The summed E-state index contributed by atoms with van der Waals surface area (Å²) in [6.45, 7) is 1.63. The van der Waals surface area contributed by atoms with Crippen LogP contribution < -0.4 is 5.32 Å². The van der Waals surface area contributed by atoms with Crippen molar-refractivity contribution in [1.29, 1.82) is 0 Å². The highest BCUT2D eigenvalue weighted by Crippen LogP contribution is 2.25. The second kappa shape index (κ2) is 6.73. The maximum Gasteiger partial charge on any atom is 0.253 e. The molecule has 1 aromatic heterocycles. The highest BCUT2D eigenvalue weighted by Gasteiger charge is 2.23. The first-order valence-electron chi connectivity index (χ1n) is 8.76. The molecule has 1 atom stereocenters. The molecule has 2 aromatic rings. The highest BCUT2D eigenvalue weighted by molar-refractivity contribution is 5.94. The van der Waals surface area contributed by atoms with Gasteiger partial charge in [0.15, 0.2) is 5.82 Å². The van der Waals surface area contributed by atoms with Gasteiger partial charge in [-0.1, -0.05) is 18.6 Å². The molecule has 0 spiro atoms. The number of carbonyl (C=O) groups excluding carboxylic acids is 1. The Morgan fingerprint density at radius 2 is 2.17 bits per heavy atom. The fraction of sp³-hybridized carbons (Fsp3) is 0.500. The van der Waals surface area contributed by atoms with Gasteiger partial charge in [-0.15, -0.1) is 10.2 Å². The summed E-state index contributed by atoms with van der Waals surface area (Å²) in [4.78, 5) is 12.2. The first kappa shape index (κ1) is 15.3. The van der Waals surface area contributed by atoms with Crippen molar-refractivity contribution in [2.75, 3.05) is 11.9 Å². The number of amides is 1. The van der Waals surface area contributed by atoms with Crippen LogP contribution in [0.1, 0.15) is 37.9 Å². The van der Waals surface area contributed by atoms with Gasteiger partial charge in [-0.2, -0.15) is 0 Å². The molecule has 126 valence electrons. The van der Waals surface area contributed by atoms with Gasteiger partial charge >= 0.3 is 0 Å². The third-order valence-electron chi connectivity index (χ3n) is 4.72. The van der Waals surface area contributed by atoms with Crippen LogP contribution in [0, 0.1) is 0 Å². The molecule has 1 aromatic carbocycles. The highest BCUT2D eigenvalue weighted by atomic mass is 16.5. The lowest BCUT2D eigenvalue weighted by molar-refractivity contribution is -0.124. The van der Waals surface area contributed by atoms with E-state index in [2.05, 4.69) is 20.1 Å². The second-order valence-corrected chi connectivity index (χ2v) is 6.47. The quantitative estimate of drug-likeness (QED) is 0.941. The molecule has 1 fully saturated rings. The molecule has 6 nitrogen and oxygen atoms in total. The van der Waals surface area contributed by atoms with Crippen LogP contribution in [0.2, 0.25) is 0 Å². The summed E-state index contributed by atoms with van der Waals surface area (Å²) in [7, 11) is 0. The zero-order valence-electron chi connectivity index (χ0n) is 13.7. The lowest BCUT2D eigenvalue weighted by atomic mass is 10.1. The van der Waals surface area contributed by atoms with Crippen molar-refractivity contribution in [2.45, 2.75) is 51.2 Å². The molecule has 2 aliphatic rings.